The van der Waals surface area contributed by atoms with E-state index < -0.39 is 0 Å². The van der Waals surface area contributed by atoms with E-state index in [1.54, 1.807) is 0 Å². The van der Waals surface area contributed by atoms with Crippen LogP contribution in [0.3, 0.4) is 0 Å². The number of hydrogen-bond donors (Lipinski definition) is 0. The summed E-state index contributed by atoms with van der Waals surface area (Å²) in [6.07, 6.45) is 0. The van der Waals surface area contributed by atoms with E-state index in [9.17, 15) is 0 Å². The molecular weight excluding hydrogens is 1780 g/mol. The maximum atomic E-state index is 6.62. The number of hydrogen-bond acceptors (Lipinski definition) is 3. The van der Waals surface area contributed by atoms with Crippen molar-refractivity contribution in [3.05, 3.63) is 558 Å². The van der Waals surface area contributed by atoms with Crippen LogP contribution in [-0.4, -0.2) is 0 Å². The van der Waals surface area contributed by atoms with Crippen molar-refractivity contribution in [2.75, 3.05) is 0 Å². The molecule has 0 spiro atoms. The van der Waals surface area contributed by atoms with Crippen molar-refractivity contribution in [2.45, 2.75) is 0 Å². The molecule has 0 fully saturated rings. The van der Waals surface area contributed by atoms with Gasteiger partial charge in [0.1, 0.15) is 33.5 Å². The summed E-state index contributed by atoms with van der Waals surface area (Å²) in [5.74, 6) is 0. The average Bonchev–Trinajstić information content (AvgIpc) is 1.72. The molecule has 0 amide bonds. The molecule has 0 aliphatic carbocycles. The van der Waals surface area contributed by atoms with E-state index in [0.717, 1.165) is 82.5 Å². The van der Waals surface area contributed by atoms with Gasteiger partial charge in [-0.15, -0.1) is 0 Å². The highest BCUT2D eigenvalue weighted by Crippen LogP contribution is 2.53. The van der Waals surface area contributed by atoms with Crippen molar-refractivity contribution >= 4 is 130 Å². The fraction of sp³-hybridized carbons (Fsp3) is 0. The Labute approximate surface area is 851 Å². The van der Waals surface area contributed by atoms with Gasteiger partial charge in [-0.1, -0.05) is 485 Å². The largest absolute Gasteiger partial charge is 0.456 e. The van der Waals surface area contributed by atoms with Gasteiger partial charge < -0.3 is 13.3 Å². The molecule has 29 rings (SSSR count). The van der Waals surface area contributed by atoms with Gasteiger partial charge >= 0.3 is 0 Å². The lowest BCUT2D eigenvalue weighted by atomic mass is 9.85. The predicted octanol–water partition coefficient (Wildman–Crippen LogP) is 41.0. The van der Waals surface area contributed by atoms with Crippen molar-refractivity contribution < 1.29 is 13.3 Å². The monoisotopic (exact) mass is 1870 g/mol. The SMILES string of the molecule is c1ccc(-c2ccc(-c3ccccc3)c(-c3ccc4oc5ccc(-c6c7ccccc7c(-c7ccccc7)c7ccccc67)cc5c4c3)c2)cc1.c1ccc(-c2cccc(-c3cccc4oc5ccc(-c6c7ccccc7c(-c7ccccc7)c7ccccc67)cc5c34)c2-c2ccccc2)cc1.c1ccc(-c2ccccc2-c2ccc3c(c2)oc2ccc(-c4c5ccccc5c(-c5ccccc5)c5ccccc45)cc23)cc1. The zero-order chi connectivity index (χ0) is 97.2. The summed E-state index contributed by atoms with van der Waals surface area (Å²) in [7, 11) is 0. The highest BCUT2D eigenvalue weighted by Gasteiger charge is 2.27. The Morgan fingerprint density at radius 3 is 0.735 bits per heavy atom. The van der Waals surface area contributed by atoms with E-state index >= 15 is 0 Å². The summed E-state index contributed by atoms with van der Waals surface area (Å²) in [4.78, 5) is 0. The van der Waals surface area contributed by atoms with Crippen LogP contribution in [0.25, 0.3) is 286 Å². The summed E-state index contributed by atoms with van der Waals surface area (Å²) in [5.41, 5.74) is 39.3. The smallest absolute Gasteiger partial charge is 0.136 e. The molecular formula is C144H92O3. The first-order valence-corrected chi connectivity index (χ1v) is 50.5. The fourth-order valence-corrected chi connectivity index (χ4v) is 23.1. The molecule has 147 heavy (non-hydrogen) atoms. The van der Waals surface area contributed by atoms with Crippen LogP contribution in [0.4, 0.5) is 0 Å². The average molecular weight is 1870 g/mol. The molecule has 3 heterocycles. The van der Waals surface area contributed by atoms with Crippen LogP contribution < -0.4 is 0 Å². The van der Waals surface area contributed by atoms with Crippen molar-refractivity contribution in [1.29, 1.82) is 0 Å². The van der Waals surface area contributed by atoms with Gasteiger partial charge in [-0.05, 0) is 293 Å². The molecule has 3 nitrogen and oxygen atoms in total. The zero-order valence-electron chi connectivity index (χ0n) is 80.3. The molecule has 3 heteroatoms. The highest BCUT2D eigenvalue weighted by molar-refractivity contribution is 6.27. The second-order valence-corrected chi connectivity index (χ2v) is 38.0. The molecule has 686 valence electrons. The van der Waals surface area contributed by atoms with E-state index in [1.165, 1.54) is 204 Å². The Balaban J connectivity index is 0.000000109. The van der Waals surface area contributed by atoms with Crippen LogP contribution in [-0.2, 0) is 0 Å². The lowest BCUT2D eigenvalue weighted by Crippen LogP contribution is -1.91. The molecule has 0 N–H and O–H groups in total. The van der Waals surface area contributed by atoms with Gasteiger partial charge in [0.05, 0.1) is 0 Å². The van der Waals surface area contributed by atoms with Crippen LogP contribution in [0.15, 0.2) is 571 Å². The van der Waals surface area contributed by atoms with E-state index in [1.807, 2.05) is 0 Å². The minimum atomic E-state index is 0.885. The van der Waals surface area contributed by atoms with Crippen molar-refractivity contribution in [3.63, 3.8) is 0 Å². The molecule has 0 aliphatic rings. The lowest BCUT2D eigenvalue weighted by molar-refractivity contribution is 0.668. The van der Waals surface area contributed by atoms with Crippen LogP contribution >= 0.6 is 0 Å². The lowest BCUT2D eigenvalue weighted by Gasteiger charge is -2.18. The van der Waals surface area contributed by atoms with Crippen LogP contribution in [0.2, 0.25) is 0 Å². The molecule has 0 bridgehead atoms. The molecule has 0 radical (unpaired) electrons. The topological polar surface area (TPSA) is 39.4 Å². The number of fused-ring (bicyclic) bond motifs is 15. The maximum Gasteiger partial charge on any atom is 0.136 e. The van der Waals surface area contributed by atoms with Gasteiger partial charge in [-0.2, -0.15) is 0 Å². The predicted molar refractivity (Wildman–Crippen MR) is 622 cm³/mol. The van der Waals surface area contributed by atoms with Gasteiger partial charge in [0.2, 0.25) is 0 Å². The van der Waals surface area contributed by atoms with Gasteiger partial charge in [-0.25, -0.2) is 0 Å². The van der Waals surface area contributed by atoms with E-state index in [0.29, 0.717) is 0 Å². The summed E-state index contributed by atoms with van der Waals surface area (Å²) < 4.78 is 19.6. The van der Waals surface area contributed by atoms with Crippen molar-refractivity contribution in [1.82, 2.24) is 0 Å². The van der Waals surface area contributed by atoms with Crippen LogP contribution in [0, 0.1) is 0 Å². The molecule has 0 unspecified atom stereocenters. The van der Waals surface area contributed by atoms with E-state index in [4.69, 9.17) is 13.3 Å². The quantitative estimate of drug-likeness (QED) is 0.102. The Morgan fingerprint density at radius 1 is 0.0884 bits per heavy atom. The van der Waals surface area contributed by atoms with E-state index in [-0.39, 0.29) is 0 Å². The van der Waals surface area contributed by atoms with E-state index in [2.05, 4.69) is 558 Å². The van der Waals surface area contributed by atoms with Crippen molar-refractivity contribution in [3.8, 4) is 156 Å². The Morgan fingerprint density at radius 2 is 0.333 bits per heavy atom. The Kier molecular flexibility index (Phi) is 22.0. The number of furan rings is 3. The molecule has 0 saturated heterocycles. The minimum Gasteiger partial charge on any atom is -0.456 e. The standard InChI is InChI=1S/2C50H32O.C44H28O/c1-4-16-33(17-5-1)37-26-14-27-42(47(37)34-18-6-2-7-19-34)43-28-15-29-46-50(43)44-32-36(30-31-45(44)51-46)49-40-24-12-10-22-38(40)48(35-20-8-3-9-21-35)39-23-11-13-25-41(39)49;1-4-14-33(15-5-1)36-24-27-39(34-16-6-2-7-17-34)44(30-36)37-25-28-47-45(31-37)46-32-38(26-29-48(46)51-47)50-42-22-12-10-20-40(42)49(35-18-8-3-9-19-35)41-21-11-13-23-43(41)50;1-3-13-29(14-4-1)33-17-7-8-18-34(33)31-23-25-35-40-27-32(24-26-41(40)45-42(35)28-31)44-38-21-11-9-19-36(38)43(30-15-5-2-6-16-30)37-20-10-12-22-39(37)44/h2*1-32H;1-28H. The van der Waals surface area contributed by atoms with Crippen LogP contribution in [0.5, 0.6) is 0 Å². The maximum absolute atomic E-state index is 6.62. The van der Waals surface area contributed by atoms with Crippen LogP contribution in [0.1, 0.15) is 0 Å². The Hall–Kier alpha value is -19.3. The first-order valence-electron chi connectivity index (χ1n) is 50.5. The molecule has 26 aromatic carbocycles. The molecule has 3 aromatic heterocycles. The second-order valence-electron chi connectivity index (χ2n) is 38.0. The third-order valence-electron chi connectivity index (χ3n) is 29.6. The summed E-state index contributed by atoms with van der Waals surface area (Å²) in [6, 6.07) is 201. The first-order chi connectivity index (χ1) is 73.0. The van der Waals surface area contributed by atoms with Gasteiger partial charge in [0.25, 0.3) is 0 Å². The first kappa shape index (κ1) is 86.8. The van der Waals surface area contributed by atoms with Gasteiger partial charge in [-0.3, -0.25) is 0 Å². The summed E-state index contributed by atoms with van der Waals surface area (Å²) in [6.45, 7) is 0. The molecule has 29 aromatic rings. The highest BCUT2D eigenvalue weighted by atomic mass is 16.3. The third-order valence-corrected chi connectivity index (χ3v) is 29.6. The van der Waals surface area contributed by atoms with Gasteiger partial charge in [0.15, 0.2) is 0 Å². The van der Waals surface area contributed by atoms with Crippen molar-refractivity contribution in [2.24, 2.45) is 0 Å². The molecule has 0 saturated carbocycles. The summed E-state index contributed by atoms with van der Waals surface area (Å²) >= 11 is 0. The minimum absolute atomic E-state index is 0.885. The summed E-state index contributed by atoms with van der Waals surface area (Å²) in [5, 5.41) is 21.7. The third kappa shape index (κ3) is 15.6. The number of benzene rings is 26. The zero-order valence-corrected chi connectivity index (χ0v) is 80.3. The van der Waals surface area contributed by atoms with Gasteiger partial charge in [0, 0.05) is 32.3 Å². The Bertz CT molecular complexity index is 9960. The molecule has 0 aliphatic heterocycles. The number of rotatable bonds is 14. The molecule has 0 atom stereocenters. The second kappa shape index (κ2) is 37.3. The normalized spacial score (nSPS) is 11.5. The fourth-order valence-electron chi connectivity index (χ4n) is 23.1.